The van der Waals surface area contributed by atoms with Crippen molar-refractivity contribution in [2.75, 3.05) is 13.7 Å². The summed E-state index contributed by atoms with van der Waals surface area (Å²) in [7, 11) is 1.54. The predicted octanol–water partition coefficient (Wildman–Crippen LogP) is 3.86. The Morgan fingerprint density at radius 1 is 1.27 bits per heavy atom. The number of carbonyl (C=O) groups excluding carboxylic acids is 1. The molecule has 8 nitrogen and oxygen atoms in total. The van der Waals surface area contributed by atoms with Crippen LogP contribution >= 0.6 is 27.3 Å². The third-order valence-electron chi connectivity index (χ3n) is 5.55. The van der Waals surface area contributed by atoms with Crippen molar-refractivity contribution in [3.05, 3.63) is 89.0 Å². The number of nitrogens with zero attached hydrogens (tertiary/aromatic N) is 3. The maximum atomic E-state index is 13.8. The zero-order valence-electron chi connectivity index (χ0n) is 20.6. The van der Waals surface area contributed by atoms with E-state index in [4.69, 9.17) is 19.5 Å². The van der Waals surface area contributed by atoms with Gasteiger partial charge in [-0.15, -0.1) is 0 Å². The average molecular weight is 582 g/mol. The normalized spacial score (nSPS) is 15.2. The Bertz CT molecular complexity index is 1600. The first kappa shape index (κ1) is 26.4. The molecule has 3 aromatic rings. The monoisotopic (exact) mass is 581 g/mol. The second-order valence-electron chi connectivity index (χ2n) is 8.44. The standard InChI is InChI=1S/C27H24BrN3O5S/c1-15(2)36-26(33)23-16(3)30-27-31(24(23)20-14-18(28)7-10-21(20)34-4)25(32)22(37-27)13-17-5-8-19(9-6-17)35-12-11-29/h5-10,13-15,24H,12H2,1-4H3/b22-13-/t24-/m1/s1. The van der Waals surface area contributed by atoms with E-state index < -0.39 is 12.0 Å². The molecule has 0 amide bonds. The molecule has 0 aliphatic carbocycles. The van der Waals surface area contributed by atoms with Crippen LogP contribution in [0.3, 0.4) is 0 Å². The SMILES string of the molecule is COc1ccc(Br)cc1[C@@H]1C(C(=O)OC(C)C)=C(C)N=c2s/c(=C\c3ccc(OCC#N)cc3)c(=O)n21. The van der Waals surface area contributed by atoms with Gasteiger partial charge in [0.1, 0.15) is 23.6 Å². The number of fused-ring (bicyclic) bond motifs is 1. The van der Waals surface area contributed by atoms with E-state index in [1.54, 1.807) is 64.3 Å². The topological polar surface area (TPSA) is 103 Å². The lowest BCUT2D eigenvalue weighted by atomic mass is 9.95. The molecule has 2 heterocycles. The number of ether oxygens (including phenoxy) is 3. The minimum absolute atomic E-state index is 0.0437. The molecule has 0 saturated heterocycles. The van der Waals surface area contributed by atoms with Crippen LogP contribution in [0.1, 0.15) is 37.9 Å². The maximum Gasteiger partial charge on any atom is 0.338 e. The van der Waals surface area contributed by atoms with Crippen molar-refractivity contribution >= 4 is 39.3 Å². The van der Waals surface area contributed by atoms with E-state index in [9.17, 15) is 9.59 Å². The highest BCUT2D eigenvalue weighted by Crippen LogP contribution is 2.37. The molecule has 1 atom stereocenters. The van der Waals surface area contributed by atoms with Gasteiger partial charge in [0.25, 0.3) is 5.56 Å². The molecule has 0 bridgehead atoms. The summed E-state index contributed by atoms with van der Waals surface area (Å²) in [5, 5.41) is 8.69. The van der Waals surface area contributed by atoms with Crippen LogP contribution < -0.4 is 24.4 Å². The van der Waals surface area contributed by atoms with E-state index in [0.717, 1.165) is 10.0 Å². The maximum absolute atomic E-state index is 13.8. The first-order valence-electron chi connectivity index (χ1n) is 11.4. The first-order valence-corrected chi connectivity index (χ1v) is 13.0. The van der Waals surface area contributed by atoms with Crippen LogP contribution in [0.15, 0.2) is 68.0 Å². The van der Waals surface area contributed by atoms with Crippen LogP contribution in [0, 0.1) is 11.3 Å². The summed E-state index contributed by atoms with van der Waals surface area (Å²) in [5.74, 6) is 0.552. The molecule has 0 N–H and O–H groups in total. The van der Waals surface area contributed by atoms with Crippen molar-refractivity contribution in [3.63, 3.8) is 0 Å². The summed E-state index contributed by atoms with van der Waals surface area (Å²) in [6, 6.07) is 13.7. The summed E-state index contributed by atoms with van der Waals surface area (Å²) in [5.41, 5.74) is 1.88. The number of aromatic nitrogens is 1. The molecular formula is C27H24BrN3O5S. The Morgan fingerprint density at radius 3 is 2.65 bits per heavy atom. The summed E-state index contributed by atoms with van der Waals surface area (Å²) < 4.78 is 19.2. The second kappa shape index (κ2) is 11.2. The number of hydrogen-bond acceptors (Lipinski definition) is 8. The number of allylic oxidation sites excluding steroid dienone is 1. The summed E-state index contributed by atoms with van der Waals surface area (Å²) in [4.78, 5) is 32.1. The number of rotatable bonds is 7. The van der Waals surface area contributed by atoms with Crippen LogP contribution in [0.2, 0.25) is 0 Å². The molecule has 10 heteroatoms. The van der Waals surface area contributed by atoms with Crippen LogP contribution in [0.25, 0.3) is 6.08 Å². The molecule has 1 aliphatic rings. The van der Waals surface area contributed by atoms with E-state index in [-0.39, 0.29) is 23.8 Å². The fourth-order valence-corrected chi connectivity index (χ4v) is 5.43. The molecule has 4 rings (SSSR count). The van der Waals surface area contributed by atoms with E-state index in [2.05, 4.69) is 20.9 Å². The molecule has 0 unspecified atom stereocenters. The Balaban J connectivity index is 1.91. The average Bonchev–Trinajstić information content (AvgIpc) is 3.16. The fourth-order valence-electron chi connectivity index (χ4n) is 4.00. The zero-order valence-corrected chi connectivity index (χ0v) is 23.1. The third kappa shape index (κ3) is 5.53. The van der Waals surface area contributed by atoms with Crippen LogP contribution in [0.4, 0.5) is 0 Å². The highest BCUT2D eigenvalue weighted by molar-refractivity contribution is 9.10. The predicted molar refractivity (Wildman–Crippen MR) is 143 cm³/mol. The zero-order chi connectivity index (χ0) is 26.7. The van der Waals surface area contributed by atoms with Gasteiger partial charge in [-0.25, -0.2) is 9.79 Å². The molecule has 1 aliphatic heterocycles. The Hall–Kier alpha value is -3.68. The van der Waals surface area contributed by atoms with Gasteiger partial charge >= 0.3 is 5.97 Å². The Morgan fingerprint density at radius 2 is 2.00 bits per heavy atom. The second-order valence-corrected chi connectivity index (χ2v) is 10.4. The number of esters is 1. The molecule has 0 radical (unpaired) electrons. The number of carbonyl (C=O) groups is 1. The number of halogens is 1. The molecule has 2 aromatic carbocycles. The molecule has 0 saturated carbocycles. The molecule has 1 aromatic heterocycles. The molecule has 0 spiro atoms. The summed E-state index contributed by atoms with van der Waals surface area (Å²) in [6.07, 6.45) is 1.42. The van der Waals surface area contributed by atoms with Gasteiger partial charge in [0.15, 0.2) is 11.4 Å². The number of nitriles is 1. The number of hydrogen-bond donors (Lipinski definition) is 0. The van der Waals surface area contributed by atoms with Crippen LogP contribution in [-0.4, -0.2) is 30.4 Å². The fraction of sp³-hybridized carbons (Fsp3) is 0.259. The Kier molecular flexibility index (Phi) is 7.95. The van der Waals surface area contributed by atoms with Gasteiger partial charge in [-0.2, -0.15) is 5.26 Å². The highest BCUT2D eigenvalue weighted by Gasteiger charge is 2.35. The largest absolute Gasteiger partial charge is 0.496 e. The van der Waals surface area contributed by atoms with E-state index >= 15 is 0 Å². The Labute approximate surface area is 225 Å². The molecule has 190 valence electrons. The van der Waals surface area contributed by atoms with Gasteiger partial charge in [0.05, 0.1) is 29.0 Å². The van der Waals surface area contributed by atoms with Crippen molar-refractivity contribution < 1.29 is 19.0 Å². The lowest BCUT2D eigenvalue weighted by Crippen LogP contribution is -2.40. The lowest BCUT2D eigenvalue weighted by Gasteiger charge is -2.26. The number of benzene rings is 2. The smallest absolute Gasteiger partial charge is 0.338 e. The summed E-state index contributed by atoms with van der Waals surface area (Å²) in [6.45, 7) is 5.24. The molecule has 0 fully saturated rings. The number of methoxy groups -OCH3 is 1. The molecule has 37 heavy (non-hydrogen) atoms. The minimum Gasteiger partial charge on any atom is -0.496 e. The number of thiazole rings is 1. The summed E-state index contributed by atoms with van der Waals surface area (Å²) >= 11 is 4.74. The van der Waals surface area contributed by atoms with Gasteiger partial charge < -0.3 is 14.2 Å². The van der Waals surface area contributed by atoms with E-state index in [0.29, 0.717) is 32.1 Å². The van der Waals surface area contributed by atoms with Crippen molar-refractivity contribution in [3.8, 4) is 17.6 Å². The van der Waals surface area contributed by atoms with Crippen LogP contribution in [0.5, 0.6) is 11.5 Å². The van der Waals surface area contributed by atoms with Crippen LogP contribution in [-0.2, 0) is 9.53 Å². The minimum atomic E-state index is -0.793. The van der Waals surface area contributed by atoms with E-state index in [1.807, 2.05) is 18.2 Å². The van der Waals surface area contributed by atoms with E-state index in [1.165, 1.54) is 15.9 Å². The van der Waals surface area contributed by atoms with Gasteiger partial charge in [0.2, 0.25) is 0 Å². The third-order valence-corrected chi connectivity index (χ3v) is 7.03. The van der Waals surface area contributed by atoms with Gasteiger partial charge in [-0.05, 0) is 62.7 Å². The van der Waals surface area contributed by atoms with Crippen molar-refractivity contribution in [1.29, 1.82) is 5.26 Å². The van der Waals surface area contributed by atoms with Gasteiger partial charge in [-0.3, -0.25) is 9.36 Å². The molecular weight excluding hydrogens is 558 g/mol. The quantitative estimate of drug-likeness (QED) is 0.392. The van der Waals surface area contributed by atoms with Crippen molar-refractivity contribution in [2.45, 2.75) is 32.9 Å². The van der Waals surface area contributed by atoms with Gasteiger partial charge in [0, 0.05) is 10.0 Å². The first-order chi connectivity index (χ1) is 17.7. The van der Waals surface area contributed by atoms with Gasteiger partial charge in [-0.1, -0.05) is 39.4 Å². The lowest BCUT2D eigenvalue weighted by molar-refractivity contribution is -0.143. The van der Waals surface area contributed by atoms with Crippen molar-refractivity contribution in [2.24, 2.45) is 4.99 Å². The highest BCUT2D eigenvalue weighted by atomic mass is 79.9. The van der Waals surface area contributed by atoms with Crippen molar-refractivity contribution in [1.82, 2.24) is 4.57 Å².